The first-order valence-electron chi connectivity index (χ1n) is 33.7. The third kappa shape index (κ3) is 43.3. The highest BCUT2D eigenvalue weighted by atomic mass is 16.7. The van der Waals surface area contributed by atoms with Gasteiger partial charge in [-0.15, -0.1) is 0 Å². The van der Waals surface area contributed by atoms with Crippen LogP contribution in [0.25, 0.3) is 0 Å². The van der Waals surface area contributed by atoms with Gasteiger partial charge in [-0.25, -0.2) is 0 Å². The quantitative estimate of drug-likeness (QED) is 0.0215. The van der Waals surface area contributed by atoms with Crippen molar-refractivity contribution in [3.05, 3.63) is 24.3 Å². The molecule has 0 spiro atoms. The van der Waals surface area contributed by atoms with E-state index in [1.165, 1.54) is 244 Å². The maximum Gasteiger partial charge on any atom is 0.249 e. The lowest BCUT2D eigenvalue weighted by atomic mass is 9.98. The standard InChI is InChI=1S/C67H129NO10/c1-3-5-7-9-11-13-15-17-19-21-23-25-27-28-29-30-31-33-34-36-38-40-42-44-46-48-50-52-54-59(70)62(72)58(57-77-67-65(75)64(74)63(73)61(56-69)78-67)68-66(76)60(71)55-53-51-49-47-45-43-41-39-37-35-32-26-24-22-20-18-16-14-12-10-8-6-4-2/h35,37,46,48,58-65,67,69-75H,3-34,36,38-45,47,49-57H2,1-2H3,(H,68,76)/b37-35-,48-46+. The number of allylic oxidation sites excluding steroid dienone is 4. The number of hydrogen-bond acceptors (Lipinski definition) is 10. The van der Waals surface area contributed by atoms with Gasteiger partial charge in [-0.3, -0.25) is 4.79 Å². The van der Waals surface area contributed by atoms with Crippen LogP contribution in [0.15, 0.2) is 24.3 Å². The molecule has 0 aliphatic carbocycles. The SMILES string of the molecule is CCCCCCCCCCCCCC/C=C\CCCCCCCCCC(O)C(=O)NC(COC1OC(CO)C(O)C(O)C1O)C(O)C(O)CCC/C=C/CCCCCCCCCCCCCCCCCCCCCCCCC. The Bertz CT molecular complexity index is 1320. The summed E-state index contributed by atoms with van der Waals surface area (Å²) in [5, 5.41) is 76.4. The van der Waals surface area contributed by atoms with Crippen molar-refractivity contribution in [2.24, 2.45) is 0 Å². The molecule has 1 amide bonds. The fourth-order valence-corrected chi connectivity index (χ4v) is 11.0. The Morgan fingerprint density at radius 3 is 1.10 bits per heavy atom. The minimum Gasteiger partial charge on any atom is -0.394 e. The van der Waals surface area contributed by atoms with E-state index < -0.39 is 74.2 Å². The molecule has 1 aliphatic rings. The summed E-state index contributed by atoms with van der Waals surface area (Å²) in [5.41, 5.74) is 0. The summed E-state index contributed by atoms with van der Waals surface area (Å²) < 4.78 is 11.2. The Balaban J connectivity index is 2.24. The minimum atomic E-state index is -1.67. The number of carbonyl (C=O) groups is 1. The summed E-state index contributed by atoms with van der Waals surface area (Å²) in [7, 11) is 0. The van der Waals surface area contributed by atoms with E-state index in [1.807, 2.05) is 0 Å². The summed E-state index contributed by atoms with van der Waals surface area (Å²) in [6.45, 7) is 3.49. The average Bonchev–Trinajstić information content (AvgIpc) is 3.46. The molecule has 9 unspecified atom stereocenters. The van der Waals surface area contributed by atoms with Crippen molar-refractivity contribution in [1.29, 1.82) is 0 Å². The van der Waals surface area contributed by atoms with Crippen molar-refractivity contribution < 1.29 is 50.0 Å². The lowest BCUT2D eigenvalue weighted by Crippen LogP contribution is -2.60. The molecule has 11 heteroatoms. The number of unbranched alkanes of at least 4 members (excludes halogenated alkanes) is 43. The molecule has 1 fully saturated rings. The highest BCUT2D eigenvalue weighted by molar-refractivity contribution is 5.80. The molecule has 8 N–H and O–H groups in total. The van der Waals surface area contributed by atoms with Crippen LogP contribution in [0.2, 0.25) is 0 Å². The van der Waals surface area contributed by atoms with Gasteiger partial charge in [0, 0.05) is 0 Å². The van der Waals surface area contributed by atoms with E-state index in [0.717, 1.165) is 44.9 Å². The molecule has 0 aromatic carbocycles. The zero-order valence-electron chi connectivity index (χ0n) is 50.9. The third-order valence-corrected chi connectivity index (χ3v) is 16.5. The maximum atomic E-state index is 13.2. The number of ether oxygens (including phenoxy) is 2. The van der Waals surface area contributed by atoms with E-state index in [2.05, 4.69) is 43.5 Å². The highest BCUT2D eigenvalue weighted by Gasteiger charge is 2.44. The van der Waals surface area contributed by atoms with Crippen molar-refractivity contribution in [2.45, 2.75) is 384 Å². The monoisotopic (exact) mass is 1110 g/mol. The summed E-state index contributed by atoms with van der Waals surface area (Å²) >= 11 is 0. The minimum absolute atomic E-state index is 0.251. The molecule has 9 atom stereocenters. The Kier molecular flexibility index (Phi) is 53.6. The fourth-order valence-electron chi connectivity index (χ4n) is 11.0. The van der Waals surface area contributed by atoms with E-state index in [-0.39, 0.29) is 12.8 Å². The lowest BCUT2D eigenvalue weighted by molar-refractivity contribution is -0.303. The summed E-state index contributed by atoms with van der Waals surface area (Å²) in [6.07, 6.45) is 58.3. The Hall–Kier alpha value is -1.41. The van der Waals surface area contributed by atoms with Crippen LogP contribution in [0, 0.1) is 0 Å². The molecule has 1 heterocycles. The smallest absolute Gasteiger partial charge is 0.249 e. The van der Waals surface area contributed by atoms with Crippen LogP contribution in [0.1, 0.15) is 328 Å². The number of carbonyl (C=O) groups excluding carboxylic acids is 1. The second kappa shape index (κ2) is 56.1. The van der Waals surface area contributed by atoms with Crippen molar-refractivity contribution in [3.63, 3.8) is 0 Å². The van der Waals surface area contributed by atoms with Crippen LogP contribution >= 0.6 is 0 Å². The molecule has 462 valence electrons. The summed E-state index contributed by atoms with van der Waals surface area (Å²) in [5.74, 6) is -0.705. The van der Waals surface area contributed by atoms with Crippen LogP contribution in [-0.4, -0.2) is 110 Å². The van der Waals surface area contributed by atoms with Gasteiger partial charge >= 0.3 is 0 Å². The van der Waals surface area contributed by atoms with Crippen LogP contribution in [0.3, 0.4) is 0 Å². The second-order valence-corrected chi connectivity index (χ2v) is 23.9. The first-order chi connectivity index (χ1) is 38.2. The Morgan fingerprint density at radius 1 is 0.436 bits per heavy atom. The molecule has 0 radical (unpaired) electrons. The highest BCUT2D eigenvalue weighted by Crippen LogP contribution is 2.24. The van der Waals surface area contributed by atoms with E-state index in [1.54, 1.807) is 0 Å². The van der Waals surface area contributed by atoms with Gasteiger partial charge < -0.3 is 50.5 Å². The van der Waals surface area contributed by atoms with Gasteiger partial charge in [-0.1, -0.05) is 289 Å². The fraction of sp³-hybridized carbons (Fsp3) is 0.925. The van der Waals surface area contributed by atoms with Crippen LogP contribution in [-0.2, 0) is 14.3 Å². The largest absolute Gasteiger partial charge is 0.394 e. The van der Waals surface area contributed by atoms with E-state index in [0.29, 0.717) is 12.8 Å². The number of aliphatic hydroxyl groups is 7. The molecule has 0 aromatic heterocycles. The van der Waals surface area contributed by atoms with E-state index in [4.69, 9.17) is 9.47 Å². The number of aliphatic hydroxyl groups excluding tert-OH is 7. The van der Waals surface area contributed by atoms with Crippen molar-refractivity contribution >= 4 is 5.91 Å². The Labute approximate surface area is 480 Å². The average molecular weight is 1110 g/mol. The molecule has 0 saturated carbocycles. The lowest BCUT2D eigenvalue weighted by Gasteiger charge is -2.40. The number of nitrogens with one attached hydrogen (secondary N) is 1. The first-order valence-corrected chi connectivity index (χ1v) is 33.7. The first kappa shape index (κ1) is 74.6. The van der Waals surface area contributed by atoms with Gasteiger partial charge in [-0.05, 0) is 64.2 Å². The normalized spacial score (nSPS) is 19.5. The van der Waals surface area contributed by atoms with Crippen LogP contribution in [0.5, 0.6) is 0 Å². The van der Waals surface area contributed by atoms with Gasteiger partial charge in [0.05, 0.1) is 25.4 Å². The zero-order valence-corrected chi connectivity index (χ0v) is 50.9. The molecular weight excluding hydrogens is 979 g/mol. The molecule has 11 nitrogen and oxygen atoms in total. The molecule has 1 saturated heterocycles. The Morgan fingerprint density at radius 2 is 0.756 bits per heavy atom. The van der Waals surface area contributed by atoms with Gasteiger partial charge in [-0.2, -0.15) is 0 Å². The molecular formula is C67H129NO10. The van der Waals surface area contributed by atoms with Gasteiger partial charge in [0.25, 0.3) is 0 Å². The predicted molar refractivity (Wildman–Crippen MR) is 326 cm³/mol. The van der Waals surface area contributed by atoms with Gasteiger partial charge in [0.1, 0.15) is 36.6 Å². The third-order valence-electron chi connectivity index (χ3n) is 16.5. The van der Waals surface area contributed by atoms with Crippen molar-refractivity contribution in [3.8, 4) is 0 Å². The van der Waals surface area contributed by atoms with Crippen molar-refractivity contribution in [2.75, 3.05) is 13.2 Å². The van der Waals surface area contributed by atoms with Gasteiger partial charge in [0.2, 0.25) is 5.91 Å². The topological polar surface area (TPSA) is 189 Å². The molecule has 0 bridgehead atoms. The predicted octanol–water partition coefficient (Wildman–Crippen LogP) is 15.6. The van der Waals surface area contributed by atoms with Crippen molar-refractivity contribution in [1.82, 2.24) is 5.32 Å². The number of amides is 1. The van der Waals surface area contributed by atoms with E-state index in [9.17, 15) is 40.5 Å². The van der Waals surface area contributed by atoms with Crippen LogP contribution < -0.4 is 5.32 Å². The zero-order chi connectivity index (χ0) is 56.8. The molecule has 0 aromatic rings. The van der Waals surface area contributed by atoms with Gasteiger partial charge in [0.15, 0.2) is 6.29 Å². The maximum absolute atomic E-state index is 13.2. The second-order valence-electron chi connectivity index (χ2n) is 23.9. The number of hydrogen-bond donors (Lipinski definition) is 8. The van der Waals surface area contributed by atoms with Crippen LogP contribution in [0.4, 0.5) is 0 Å². The molecule has 1 aliphatic heterocycles. The molecule has 78 heavy (non-hydrogen) atoms. The summed E-state index contributed by atoms with van der Waals surface area (Å²) in [4.78, 5) is 13.2. The van der Waals surface area contributed by atoms with E-state index >= 15 is 0 Å². The number of rotatable bonds is 59. The summed E-state index contributed by atoms with van der Waals surface area (Å²) in [6, 6.07) is -1.19. The molecule has 1 rings (SSSR count).